The molecule has 2 aliphatic rings. The second kappa shape index (κ2) is 10.2. The maximum Gasteiger partial charge on any atom is 0.243 e. The van der Waals surface area contributed by atoms with Gasteiger partial charge in [-0.3, -0.25) is 9.69 Å². The minimum Gasteiger partial charge on any atom is -0.339 e. The molecule has 1 amide bonds. The van der Waals surface area contributed by atoms with E-state index in [9.17, 15) is 17.6 Å². The van der Waals surface area contributed by atoms with Crippen LogP contribution in [0.3, 0.4) is 0 Å². The molecule has 1 fully saturated rings. The summed E-state index contributed by atoms with van der Waals surface area (Å²) in [6, 6.07) is 21.4. The highest BCUT2D eigenvalue weighted by Gasteiger charge is 2.34. The van der Waals surface area contributed by atoms with E-state index in [1.165, 1.54) is 15.2 Å². The van der Waals surface area contributed by atoms with Gasteiger partial charge in [-0.1, -0.05) is 42.5 Å². The number of carbonyl (C=O) groups is 1. The lowest BCUT2D eigenvalue weighted by Gasteiger charge is -2.39. The highest BCUT2D eigenvalue weighted by molar-refractivity contribution is 7.89. The number of halogens is 1. The van der Waals surface area contributed by atoms with Gasteiger partial charge in [0, 0.05) is 37.6 Å². The number of rotatable bonds is 5. The first-order chi connectivity index (χ1) is 18.4. The van der Waals surface area contributed by atoms with Crippen molar-refractivity contribution in [3.8, 4) is 0 Å². The second-order valence-corrected chi connectivity index (χ2v) is 12.7. The predicted molar refractivity (Wildman–Crippen MR) is 147 cm³/mol. The van der Waals surface area contributed by atoms with Gasteiger partial charge in [0.1, 0.15) is 5.82 Å². The summed E-state index contributed by atoms with van der Waals surface area (Å²) in [6.45, 7) is 2.10. The molecule has 1 aromatic heterocycles. The fourth-order valence-corrected chi connectivity index (χ4v) is 7.90. The van der Waals surface area contributed by atoms with Gasteiger partial charge in [-0.05, 0) is 64.0 Å². The van der Waals surface area contributed by atoms with Crippen molar-refractivity contribution in [1.82, 2.24) is 14.1 Å². The molecular weight excluding hydrogens is 521 g/mol. The second-order valence-electron chi connectivity index (χ2n) is 9.77. The number of hydrogen-bond acceptors (Lipinski definition) is 5. The predicted octanol–water partition coefficient (Wildman–Crippen LogP) is 4.52. The molecule has 196 valence electrons. The summed E-state index contributed by atoms with van der Waals surface area (Å²) < 4.78 is 42.2. The zero-order valence-electron chi connectivity index (χ0n) is 20.8. The normalized spacial score (nSPS) is 19.0. The largest absolute Gasteiger partial charge is 0.339 e. The van der Waals surface area contributed by atoms with E-state index in [0.717, 1.165) is 28.3 Å². The molecule has 4 aromatic rings. The van der Waals surface area contributed by atoms with Crippen molar-refractivity contribution < 1.29 is 17.6 Å². The van der Waals surface area contributed by atoms with Gasteiger partial charge >= 0.3 is 0 Å². The minimum absolute atomic E-state index is 0.0344. The van der Waals surface area contributed by atoms with Crippen LogP contribution in [-0.2, 0) is 21.2 Å². The van der Waals surface area contributed by atoms with Crippen molar-refractivity contribution in [2.75, 3.05) is 39.3 Å². The van der Waals surface area contributed by atoms with Crippen molar-refractivity contribution in [2.45, 2.75) is 17.4 Å². The van der Waals surface area contributed by atoms with Gasteiger partial charge in [-0.2, -0.15) is 4.31 Å². The Labute approximate surface area is 226 Å². The van der Waals surface area contributed by atoms with Gasteiger partial charge in [-0.25, -0.2) is 12.8 Å². The molecule has 38 heavy (non-hydrogen) atoms. The molecule has 6 nitrogen and oxygen atoms in total. The van der Waals surface area contributed by atoms with Crippen LogP contribution in [0.25, 0.3) is 10.8 Å². The highest BCUT2D eigenvalue weighted by atomic mass is 32.2. The Morgan fingerprint density at radius 1 is 0.895 bits per heavy atom. The third-order valence-electron chi connectivity index (χ3n) is 7.52. The number of piperazine rings is 1. The van der Waals surface area contributed by atoms with Crippen molar-refractivity contribution in [2.24, 2.45) is 0 Å². The SMILES string of the molecule is O=C(CN1CCc2sccc2[C@H]1c1cccc(F)c1)N1CCN(S(=O)(=O)c2ccc3ccccc3c2)CC1. The molecule has 3 heterocycles. The lowest BCUT2D eigenvalue weighted by molar-refractivity contribution is -0.134. The Morgan fingerprint density at radius 3 is 2.47 bits per heavy atom. The zero-order valence-corrected chi connectivity index (χ0v) is 22.4. The maximum absolute atomic E-state index is 14.1. The molecule has 0 radical (unpaired) electrons. The van der Waals surface area contributed by atoms with E-state index in [0.29, 0.717) is 19.6 Å². The molecule has 9 heteroatoms. The van der Waals surface area contributed by atoms with Crippen LogP contribution in [0.5, 0.6) is 0 Å². The molecule has 0 bridgehead atoms. The van der Waals surface area contributed by atoms with Crippen LogP contribution in [0.15, 0.2) is 83.1 Å². The van der Waals surface area contributed by atoms with Gasteiger partial charge in [-0.15, -0.1) is 11.3 Å². The number of hydrogen-bond donors (Lipinski definition) is 0. The Kier molecular flexibility index (Phi) is 6.77. The van der Waals surface area contributed by atoms with E-state index < -0.39 is 10.0 Å². The molecule has 0 N–H and O–H groups in total. The van der Waals surface area contributed by atoms with Crippen molar-refractivity contribution in [3.05, 3.63) is 100.0 Å². The molecular formula is C29H28FN3O3S2. The first kappa shape index (κ1) is 25.2. The molecule has 0 saturated carbocycles. The van der Waals surface area contributed by atoms with Gasteiger partial charge in [0.15, 0.2) is 0 Å². The number of carbonyl (C=O) groups excluding carboxylic acids is 1. The van der Waals surface area contributed by atoms with Crippen molar-refractivity contribution >= 4 is 38.0 Å². The van der Waals surface area contributed by atoms with Crippen LogP contribution in [0, 0.1) is 5.82 Å². The lowest BCUT2D eigenvalue weighted by Crippen LogP contribution is -2.53. The molecule has 1 atom stereocenters. The van der Waals surface area contributed by atoms with E-state index in [2.05, 4.69) is 16.3 Å². The van der Waals surface area contributed by atoms with E-state index in [4.69, 9.17) is 0 Å². The molecule has 0 unspecified atom stereocenters. The van der Waals surface area contributed by atoms with Gasteiger partial charge in [0.05, 0.1) is 17.5 Å². The highest BCUT2D eigenvalue weighted by Crippen LogP contribution is 2.38. The summed E-state index contributed by atoms with van der Waals surface area (Å²) in [5, 5.41) is 3.92. The number of nitrogens with zero attached hydrogens (tertiary/aromatic N) is 3. The van der Waals surface area contributed by atoms with Gasteiger partial charge < -0.3 is 4.90 Å². The summed E-state index contributed by atoms with van der Waals surface area (Å²) in [4.78, 5) is 18.8. The van der Waals surface area contributed by atoms with E-state index in [-0.39, 0.29) is 42.3 Å². The first-order valence-corrected chi connectivity index (χ1v) is 15.0. The number of thiophene rings is 1. The summed E-state index contributed by atoms with van der Waals surface area (Å²) >= 11 is 1.70. The smallest absolute Gasteiger partial charge is 0.243 e. The monoisotopic (exact) mass is 549 g/mol. The van der Waals surface area contributed by atoms with Crippen molar-refractivity contribution in [1.29, 1.82) is 0 Å². The molecule has 2 aliphatic heterocycles. The topological polar surface area (TPSA) is 60.9 Å². The third-order valence-corrected chi connectivity index (χ3v) is 10.4. The van der Waals surface area contributed by atoms with Crippen LogP contribution in [0.2, 0.25) is 0 Å². The molecule has 1 saturated heterocycles. The van der Waals surface area contributed by atoms with Crippen molar-refractivity contribution in [3.63, 3.8) is 0 Å². The summed E-state index contributed by atoms with van der Waals surface area (Å²) in [5.41, 5.74) is 1.97. The molecule has 6 rings (SSSR count). The fourth-order valence-electron chi connectivity index (χ4n) is 5.53. The molecule has 0 spiro atoms. The molecule has 3 aromatic carbocycles. The summed E-state index contributed by atoms with van der Waals surface area (Å²) in [6.07, 6.45) is 0.851. The standard InChI is InChI=1S/C29H28FN3O3S2/c30-24-7-3-6-23(18-24)29-26-11-17-37-27(26)10-12-32(29)20-28(34)31-13-15-33(16-14-31)38(35,36)25-9-8-21-4-1-2-5-22(21)19-25/h1-9,11,17-19,29H,10,12-16,20H2/t29-/m1/s1. The Balaban J connectivity index is 1.14. The molecule has 0 aliphatic carbocycles. The number of benzene rings is 3. The number of fused-ring (bicyclic) bond motifs is 2. The van der Waals surface area contributed by atoms with Crippen LogP contribution in [-0.4, -0.2) is 67.7 Å². The third kappa shape index (κ3) is 4.75. The average molecular weight is 550 g/mol. The Bertz CT molecular complexity index is 1600. The fraction of sp³-hybridized carbons (Fsp3) is 0.276. The first-order valence-electron chi connectivity index (χ1n) is 12.7. The number of amides is 1. The van der Waals surface area contributed by atoms with Crippen LogP contribution in [0.4, 0.5) is 4.39 Å². The van der Waals surface area contributed by atoms with Gasteiger partial charge in [0.2, 0.25) is 15.9 Å². The van der Waals surface area contributed by atoms with Gasteiger partial charge in [0.25, 0.3) is 0 Å². The number of sulfonamides is 1. The Hall–Kier alpha value is -3.11. The van der Waals surface area contributed by atoms with Crippen LogP contribution in [0.1, 0.15) is 22.0 Å². The summed E-state index contributed by atoms with van der Waals surface area (Å²) in [5.74, 6) is -0.326. The maximum atomic E-state index is 14.1. The zero-order chi connectivity index (χ0) is 26.3. The summed E-state index contributed by atoms with van der Waals surface area (Å²) in [7, 11) is -3.66. The van der Waals surface area contributed by atoms with E-state index >= 15 is 0 Å². The van der Waals surface area contributed by atoms with E-state index in [1.54, 1.807) is 40.5 Å². The average Bonchev–Trinajstić information content (AvgIpc) is 3.41. The van der Waals surface area contributed by atoms with E-state index in [1.807, 2.05) is 36.4 Å². The quantitative estimate of drug-likeness (QED) is 0.367. The minimum atomic E-state index is -3.66. The lowest BCUT2D eigenvalue weighted by atomic mass is 9.93. The van der Waals surface area contributed by atoms with Crippen LogP contribution >= 0.6 is 11.3 Å². The Morgan fingerprint density at radius 2 is 1.68 bits per heavy atom. The van der Waals surface area contributed by atoms with Crippen LogP contribution < -0.4 is 0 Å².